The van der Waals surface area contributed by atoms with Gasteiger partial charge in [0.1, 0.15) is 0 Å². The number of rotatable bonds is 10. The highest BCUT2D eigenvalue weighted by Gasteiger charge is 2.04. The van der Waals surface area contributed by atoms with Gasteiger partial charge in [-0.25, -0.2) is 0 Å². The summed E-state index contributed by atoms with van der Waals surface area (Å²) in [6.45, 7) is 10.1. The van der Waals surface area contributed by atoms with Crippen LogP contribution >= 0.6 is 0 Å². The van der Waals surface area contributed by atoms with Crippen molar-refractivity contribution in [1.82, 2.24) is 5.32 Å². The predicted octanol–water partition coefficient (Wildman–Crippen LogP) is 3.13. The first-order valence-corrected chi connectivity index (χ1v) is 6.95. The third kappa shape index (κ3) is 11.7. The number of carbonyl (C=O) groups excluding carboxylic acids is 1. The summed E-state index contributed by atoms with van der Waals surface area (Å²) in [7, 11) is 0. The molecule has 102 valence electrons. The Balaban J connectivity index is 3.26. The average molecular weight is 243 g/mol. The van der Waals surface area contributed by atoms with Gasteiger partial charge in [0.05, 0.1) is 6.61 Å². The molecule has 0 saturated carbocycles. The van der Waals surface area contributed by atoms with E-state index in [0.29, 0.717) is 19.1 Å². The fourth-order valence-corrected chi connectivity index (χ4v) is 1.94. The lowest BCUT2D eigenvalue weighted by atomic mass is 10.1. The zero-order valence-corrected chi connectivity index (χ0v) is 11.9. The first-order chi connectivity index (χ1) is 8.06. The molecule has 0 aliphatic rings. The molecule has 0 aromatic carbocycles. The molecule has 0 saturated heterocycles. The third-order valence-corrected chi connectivity index (χ3v) is 2.68. The van der Waals surface area contributed by atoms with Crippen molar-refractivity contribution in [2.24, 2.45) is 5.92 Å². The van der Waals surface area contributed by atoms with Gasteiger partial charge in [0.15, 0.2) is 0 Å². The van der Waals surface area contributed by atoms with Crippen LogP contribution in [0.1, 0.15) is 59.8 Å². The molecule has 1 atom stereocenters. The fourth-order valence-electron chi connectivity index (χ4n) is 1.94. The van der Waals surface area contributed by atoms with Crippen LogP contribution in [0, 0.1) is 5.92 Å². The normalized spacial score (nSPS) is 12.8. The van der Waals surface area contributed by atoms with Gasteiger partial charge in [0, 0.05) is 12.5 Å². The van der Waals surface area contributed by atoms with Gasteiger partial charge >= 0.3 is 5.97 Å². The molecule has 1 N–H and O–H groups in total. The summed E-state index contributed by atoms with van der Waals surface area (Å²) in [6.07, 6.45) is 4.97. The van der Waals surface area contributed by atoms with E-state index in [9.17, 15) is 4.79 Å². The van der Waals surface area contributed by atoms with E-state index < -0.39 is 0 Å². The number of ether oxygens (including phenoxy) is 1. The van der Waals surface area contributed by atoms with Gasteiger partial charge in [-0.05, 0) is 45.6 Å². The molecule has 0 aromatic heterocycles. The zero-order valence-electron chi connectivity index (χ0n) is 11.9. The third-order valence-electron chi connectivity index (χ3n) is 2.68. The molecule has 0 heterocycles. The second-order valence-electron chi connectivity index (χ2n) is 5.10. The molecule has 0 bridgehead atoms. The summed E-state index contributed by atoms with van der Waals surface area (Å²) in [5.41, 5.74) is 0. The summed E-state index contributed by atoms with van der Waals surface area (Å²) in [5, 5.41) is 3.51. The van der Waals surface area contributed by atoms with Gasteiger partial charge in [-0.3, -0.25) is 4.79 Å². The van der Waals surface area contributed by atoms with Crippen LogP contribution in [0.3, 0.4) is 0 Å². The molecule has 0 amide bonds. The monoisotopic (exact) mass is 243 g/mol. The Bertz CT molecular complexity index is 193. The molecular formula is C14H29NO2. The molecule has 3 nitrogen and oxygen atoms in total. The van der Waals surface area contributed by atoms with Crippen LogP contribution in [-0.4, -0.2) is 25.2 Å². The zero-order chi connectivity index (χ0) is 13.1. The van der Waals surface area contributed by atoms with E-state index in [1.807, 2.05) is 6.92 Å². The largest absolute Gasteiger partial charge is 0.466 e. The van der Waals surface area contributed by atoms with Gasteiger partial charge < -0.3 is 10.1 Å². The highest BCUT2D eigenvalue weighted by molar-refractivity contribution is 5.69. The van der Waals surface area contributed by atoms with Crippen molar-refractivity contribution in [3.05, 3.63) is 0 Å². The Kier molecular flexibility index (Phi) is 10.2. The van der Waals surface area contributed by atoms with Crippen molar-refractivity contribution >= 4 is 5.97 Å². The van der Waals surface area contributed by atoms with Crippen molar-refractivity contribution in [1.29, 1.82) is 0 Å². The van der Waals surface area contributed by atoms with E-state index >= 15 is 0 Å². The Morgan fingerprint density at radius 1 is 1.18 bits per heavy atom. The van der Waals surface area contributed by atoms with E-state index in [4.69, 9.17) is 4.74 Å². The topological polar surface area (TPSA) is 38.3 Å². The summed E-state index contributed by atoms with van der Waals surface area (Å²) in [4.78, 5) is 11.1. The second-order valence-corrected chi connectivity index (χ2v) is 5.10. The van der Waals surface area contributed by atoms with E-state index in [1.54, 1.807) is 0 Å². The van der Waals surface area contributed by atoms with Crippen molar-refractivity contribution in [2.45, 2.75) is 65.8 Å². The maximum Gasteiger partial charge on any atom is 0.305 e. The first-order valence-electron chi connectivity index (χ1n) is 6.95. The Labute approximate surface area is 106 Å². The van der Waals surface area contributed by atoms with E-state index in [0.717, 1.165) is 31.7 Å². The quantitative estimate of drug-likeness (QED) is 0.473. The Morgan fingerprint density at radius 3 is 2.47 bits per heavy atom. The molecule has 0 rings (SSSR count). The summed E-state index contributed by atoms with van der Waals surface area (Å²) in [5.74, 6) is 0.690. The van der Waals surface area contributed by atoms with Gasteiger partial charge in [0.25, 0.3) is 0 Å². The first kappa shape index (κ1) is 16.4. The van der Waals surface area contributed by atoms with Crippen molar-refractivity contribution < 1.29 is 9.53 Å². The molecule has 3 heteroatoms. The van der Waals surface area contributed by atoms with Crippen molar-refractivity contribution in [2.75, 3.05) is 13.2 Å². The molecule has 1 unspecified atom stereocenters. The highest BCUT2D eigenvalue weighted by Crippen LogP contribution is 2.05. The van der Waals surface area contributed by atoms with Gasteiger partial charge in [0.2, 0.25) is 0 Å². The van der Waals surface area contributed by atoms with Crippen LogP contribution in [0.5, 0.6) is 0 Å². The number of carbonyl (C=O) groups is 1. The van der Waals surface area contributed by atoms with Crippen LogP contribution in [0.2, 0.25) is 0 Å². The lowest BCUT2D eigenvalue weighted by Gasteiger charge is -2.15. The second kappa shape index (κ2) is 10.6. The standard InChI is InChI=1S/C14H29NO2/c1-5-17-14(16)9-7-6-8-10-15-13(4)11-12(2)3/h12-13,15H,5-11H2,1-4H3. The highest BCUT2D eigenvalue weighted by atomic mass is 16.5. The SMILES string of the molecule is CCOC(=O)CCCCCNC(C)CC(C)C. The van der Waals surface area contributed by atoms with Crippen LogP contribution in [0.4, 0.5) is 0 Å². The van der Waals surface area contributed by atoms with Crippen LogP contribution in [0.25, 0.3) is 0 Å². The minimum Gasteiger partial charge on any atom is -0.466 e. The maximum absolute atomic E-state index is 11.1. The maximum atomic E-state index is 11.1. The Morgan fingerprint density at radius 2 is 1.88 bits per heavy atom. The van der Waals surface area contributed by atoms with Gasteiger partial charge in [-0.15, -0.1) is 0 Å². The smallest absolute Gasteiger partial charge is 0.305 e. The number of esters is 1. The molecule has 0 spiro atoms. The molecule has 0 aromatic rings. The minimum absolute atomic E-state index is 0.0614. The lowest BCUT2D eigenvalue weighted by molar-refractivity contribution is -0.143. The lowest BCUT2D eigenvalue weighted by Crippen LogP contribution is -2.28. The number of unbranched alkanes of at least 4 members (excludes halogenated alkanes) is 2. The van der Waals surface area contributed by atoms with E-state index in [-0.39, 0.29) is 5.97 Å². The van der Waals surface area contributed by atoms with E-state index in [2.05, 4.69) is 26.1 Å². The van der Waals surface area contributed by atoms with Crippen LogP contribution in [0.15, 0.2) is 0 Å². The molecule has 0 aliphatic carbocycles. The van der Waals surface area contributed by atoms with Crippen molar-refractivity contribution in [3.63, 3.8) is 0 Å². The molecule has 0 radical (unpaired) electrons. The summed E-state index contributed by atoms with van der Waals surface area (Å²) < 4.78 is 4.88. The molecule has 0 fully saturated rings. The molecular weight excluding hydrogens is 214 g/mol. The summed E-state index contributed by atoms with van der Waals surface area (Å²) >= 11 is 0. The minimum atomic E-state index is -0.0614. The number of hydrogen-bond acceptors (Lipinski definition) is 3. The number of nitrogens with one attached hydrogen (secondary N) is 1. The van der Waals surface area contributed by atoms with Crippen molar-refractivity contribution in [3.8, 4) is 0 Å². The van der Waals surface area contributed by atoms with Gasteiger partial charge in [-0.2, -0.15) is 0 Å². The van der Waals surface area contributed by atoms with Gasteiger partial charge in [-0.1, -0.05) is 20.3 Å². The van der Waals surface area contributed by atoms with Crippen LogP contribution in [-0.2, 0) is 9.53 Å². The predicted molar refractivity (Wildman–Crippen MR) is 72.0 cm³/mol. The number of hydrogen-bond donors (Lipinski definition) is 1. The Hall–Kier alpha value is -0.570. The molecule has 17 heavy (non-hydrogen) atoms. The summed E-state index contributed by atoms with van der Waals surface area (Å²) in [6, 6.07) is 0.597. The van der Waals surface area contributed by atoms with E-state index in [1.165, 1.54) is 6.42 Å². The molecule has 0 aliphatic heterocycles. The average Bonchev–Trinajstić information content (AvgIpc) is 2.22. The fraction of sp³-hybridized carbons (Fsp3) is 0.929. The van der Waals surface area contributed by atoms with Crippen LogP contribution < -0.4 is 5.32 Å².